The van der Waals surface area contributed by atoms with Crippen LogP contribution in [0.1, 0.15) is 27.7 Å². The van der Waals surface area contributed by atoms with E-state index >= 15 is 0 Å². The molecule has 0 aromatic heterocycles. The first-order valence-corrected chi connectivity index (χ1v) is 5.78. The van der Waals surface area contributed by atoms with Gasteiger partial charge in [0.1, 0.15) is 0 Å². The minimum absolute atomic E-state index is 0.0314. The first kappa shape index (κ1) is 12.9. The van der Waals surface area contributed by atoms with Gasteiger partial charge in [0.05, 0.1) is 30.5 Å². The fraction of sp³-hybridized carbons (Fsp3) is 1.00. The second-order valence-electron chi connectivity index (χ2n) is 4.68. The number of ether oxygens (including phenoxy) is 2. The van der Waals surface area contributed by atoms with Gasteiger partial charge in [-0.2, -0.15) is 0 Å². The molecule has 1 aliphatic heterocycles. The van der Waals surface area contributed by atoms with Crippen LogP contribution in [-0.2, 0) is 9.47 Å². The molecule has 1 heterocycles. The summed E-state index contributed by atoms with van der Waals surface area (Å²) in [6.07, 6.45) is 0.534. The maximum Gasteiger partial charge on any atom is 0.0879 e. The zero-order valence-electron chi connectivity index (χ0n) is 10.2. The molecule has 0 radical (unpaired) electrons. The Labute approximate surface area is 92.5 Å². The minimum Gasteiger partial charge on any atom is -0.373 e. The van der Waals surface area contributed by atoms with E-state index in [4.69, 9.17) is 15.2 Å². The maximum atomic E-state index is 6.13. The van der Waals surface area contributed by atoms with E-state index in [1.807, 2.05) is 27.7 Å². The molecule has 0 spiro atoms. The number of nitrogens with two attached hydrogens (primary N) is 1. The molecular formula is C11H24N2O2. The van der Waals surface area contributed by atoms with Crippen LogP contribution in [0.3, 0.4) is 0 Å². The average molecular weight is 216 g/mol. The number of hydrogen-bond donors (Lipinski definition) is 2. The molecule has 0 aromatic carbocycles. The molecule has 2 unspecified atom stereocenters. The SMILES string of the molecule is CC(C)OC1CNCC(OC(C)C)C1N. The fourth-order valence-corrected chi connectivity index (χ4v) is 1.86. The summed E-state index contributed by atoms with van der Waals surface area (Å²) < 4.78 is 11.5. The van der Waals surface area contributed by atoms with Gasteiger partial charge in [-0.05, 0) is 27.7 Å². The predicted molar refractivity (Wildman–Crippen MR) is 60.9 cm³/mol. The van der Waals surface area contributed by atoms with Gasteiger partial charge >= 0.3 is 0 Å². The van der Waals surface area contributed by atoms with Crippen molar-refractivity contribution in [3.63, 3.8) is 0 Å². The summed E-state index contributed by atoms with van der Waals surface area (Å²) in [5.41, 5.74) is 6.13. The van der Waals surface area contributed by atoms with Crippen molar-refractivity contribution in [1.29, 1.82) is 0 Å². The topological polar surface area (TPSA) is 56.5 Å². The summed E-state index contributed by atoms with van der Waals surface area (Å²) in [7, 11) is 0. The largest absolute Gasteiger partial charge is 0.373 e. The molecule has 1 fully saturated rings. The molecule has 4 nitrogen and oxygen atoms in total. The van der Waals surface area contributed by atoms with Gasteiger partial charge in [0.2, 0.25) is 0 Å². The maximum absolute atomic E-state index is 6.13. The van der Waals surface area contributed by atoms with Crippen LogP contribution in [0.25, 0.3) is 0 Å². The molecule has 2 atom stereocenters. The molecule has 0 saturated carbocycles. The van der Waals surface area contributed by atoms with Gasteiger partial charge in [-0.15, -0.1) is 0 Å². The van der Waals surface area contributed by atoms with Crippen LogP contribution in [0.5, 0.6) is 0 Å². The number of hydrogen-bond acceptors (Lipinski definition) is 4. The van der Waals surface area contributed by atoms with E-state index in [0.29, 0.717) is 0 Å². The standard InChI is InChI=1S/C11H24N2O2/c1-7(2)14-9-5-13-6-10(11(9)12)15-8(3)4/h7-11,13H,5-6,12H2,1-4H3. The van der Waals surface area contributed by atoms with Crippen LogP contribution in [0.2, 0.25) is 0 Å². The number of piperidine rings is 1. The van der Waals surface area contributed by atoms with Crippen LogP contribution in [0, 0.1) is 0 Å². The van der Waals surface area contributed by atoms with E-state index in [-0.39, 0.29) is 30.5 Å². The average Bonchev–Trinajstić information content (AvgIpc) is 2.10. The molecule has 90 valence electrons. The molecule has 3 N–H and O–H groups in total. The number of rotatable bonds is 4. The fourth-order valence-electron chi connectivity index (χ4n) is 1.86. The van der Waals surface area contributed by atoms with Gasteiger partial charge in [-0.1, -0.05) is 0 Å². The lowest BCUT2D eigenvalue weighted by Crippen LogP contribution is -2.60. The predicted octanol–water partition coefficient (Wildman–Crippen LogP) is 0.504. The van der Waals surface area contributed by atoms with Crippen molar-refractivity contribution in [3.8, 4) is 0 Å². The summed E-state index contributed by atoms with van der Waals surface area (Å²) in [6.45, 7) is 9.74. The molecule has 0 bridgehead atoms. The van der Waals surface area contributed by atoms with Crippen LogP contribution in [0.15, 0.2) is 0 Å². The van der Waals surface area contributed by atoms with E-state index < -0.39 is 0 Å². The van der Waals surface area contributed by atoms with Crippen molar-refractivity contribution >= 4 is 0 Å². The van der Waals surface area contributed by atoms with Gasteiger partial charge in [-0.25, -0.2) is 0 Å². The quantitative estimate of drug-likeness (QED) is 0.718. The first-order valence-electron chi connectivity index (χ1n) is 5.78. The summed E-state index contributed by atoms with van der Waals surface area (Å²) in [6, 6.07) is -0.0314. The lowest BCUT2D eigenvalue weighted by atomic mass is 10.0. The molecule has 1 rings (SSSR count). The van der Waals surface area contributed by atoms with Gasteiger partial charge in [0, 0.05) is 13.1 Å². The van der Waals surface area contributed by atoms with Crippen molar-refractivity contribution in [2.75, 3.05) is 13.1 Å². The molecule has 0 aliphatic carbocycles. The van der Waals surface area contributed by atoms with Gasteiger partial charge in [0.15, 0.2) is 0 Å². The summed E-state index contributed by atoms with van der Waals surface area (Å²) >= 11 is 0. The van der Waals surface area contributed by atoms with E-state index in [1.54, 1.807) is 0 Å². The summed E-state index contributed by atoms with van der Waals surface area (Å²) in [5.74, 6) is 0. The lowest BCUT2D eigenvalue weighted by Gasteiger charge is -2.37. The van der Waals surface area contributed by atoms with Gasteiger partial charge < -0.3 is 20.5 Å². The zero-order chi connectivity index (χ0) is 11.4. The first-order chi connectivity index (χ1) is 7.00. The zero-order valence-corrected chi connectivity index (χ0v) is 10.2. The third-order valence-corrected chi connectivity index (χ3v) is 2.44. The van der Waals surface area contributed by atoms with Crippen LogP contribution in [-0.4, -0.2) is 43.5 Å². The molecule has 0 aromatic rings. The highest BCUT2D eigenvalue weighted by Crippen LogP contribution is 2.13. The second kappa shape index (κ2) is 5.80. The summed E-state index contributed by atoms with van der Waals surface area (Å²) in [5, 5.41) is 3.30. The van der Waals surface area contributed by atoms with Crippen LogP contribution in [0.4, 0.5) is 0 Å². The Morgan fingerprint density at radius 1 is 1.00 bits per heavy atom. The second-order valence-corrected chi connectivity index (χ2v) is 4.68. The molecule has 15 heavy (non-hydrogen) atoms. The van der Waals surface area contributed by atoms with Crippen molar-refractivity contribution in [3.05, 3.63) is 0 Å². The summed E-state index contributed by atoms with van der Waals surface area (Å²) in [4.78, 5) is 0. The van der Waals surface area contributed by atoms with Crippen LogP contribution < -0.4 is 11.1 Å². The Balaban J connectivity index is 2.47. The van der Waals surface area contributed by atoms with Crippen molar-refractivity contribution in [2.45, 2.75) is 58.2 Å². The highest BCUT2D eigenvalue weighted by molar-refractivity contribution is 4.90. The molecular weight excluding hydrogens is 192 g/mol. The van der Waals surface area contributed by atoms with E-state index in [0.717, 1.165) is 13.1 Å². The highest BCUT2D eigenvalue weighted by Gasteiger charge is 2.32. The minimum atomic E-state index is -0.0314. The molecule has 4 heteroatoms. The van der Waals surface area contributed by atoms with E-state index in [1.165, 1.54) is 0 Å². The van der Waals surface area contributed by atoms with Crippen molar-refractivity contribution < 1.29 is 9.47 Å². The monoisotopic (exact) mass is 216 g/mol. The van der Waals surface area contributed by atoms with Crippen molar-refractivity contribution in [1.82, 2.24) is 5.32 Å². The van der Waals surface area contributed by atoms with Gasteiger partial charge in [0.25, 0.3) is 0 Å². The Morgan fingerprint density at radius 2 is 1.40 bits per heavy atom. The third-order valence-electron chi connectivity index (χ3n) is 2.44. The Kier molecular flexibility index (Phi) is 4.99. The molecule has 1 saturated heterocycles. The smallest absolute Gasteiger partial charge is 0.0879 e. The molecule has 0 amide bonds. The third kappa shape index (κ3) is 4.07. The Bertz CT molecular complexity index is 167. The van der Waals surface area contributed by atoms with Crippen molar-refractivity contribution in [2.24, 2.45) is 5.73 Å². The van der Waals surface area contributed by atoms with Crippen LogP contribution >= 0.6 is 0 Å². The van der Waals surface area contributed by atoms with E-state index in [9.17, 15) is 0 Å². The Morgan fingerprint density at radius 3 is 1.73 bits per heavy atom. The number of nitrogens with one attached hydrogen (secondary N) is 1. The van der Waals surface area contributed by atoms with E-state index in [2.05, 4.69) is 5.32 Å². The lowest BCUT2D eigenvalue weighted by molar-refractivity contribution is -0.0842. The molecule has 1 aliphatic rings. The van der Waals surface area contributed by atoms with Gasteiger partial charge in [-0.3, -0.25) is 0 Å². The normalized spacial score (nSPS) is 32.6. The highest BCUT2D eigenvalue weighted by atomic mass is 16.5. The Hall–Kier alpha value is -0.160.